The van der Waals surface area contributed by atoms with E-state index in [1.165, 1.54) is 0 Å². The highest BCUT2D eigenvalue weighted by atomic mass is 16.6. The van der Waals surface area contributed by atoms with E-state index in [2.05, 4.69) is 10.3 Å². The molecule has 0 saturated carbocycles. The van der Waals surface area contributed by atoms with Crippen LogP contribution in [0.15, 0.2) is 6.20 Å². The highest BCUT2D eigenvalue weighted by Gasteiger charge is 2.45. The van der Waals surface area contributed by atoms with Gasteiger partial charge in [-0.1, -0.05) is 0 Å². The summed E-state index contributed by atoms with van der Waals surface area (Å²) in [5, 5.41) is 3.43. The number of amides is 1. The van der Waals surface area contributed by atoms with Crippen LogP contribution in [0, 0.1) is 0 Å². The first-order valence-electron chi connectivity index (χ1n) is 9.70. The second-order valence-corrected chi connectivity index (χ2v) is 9.46. The molecule has 2 aliphatic rings. The second kappa shape index (κ2) is 6.62. The van der Waals surface area contributed by atoms with Gasteiger partial charge in [0.25, 0.3) is 0 Å². The molecule has 0 aliphatic carbocycles. The number of nitrogens with zero attached hydrogens (tertiary/aromatic N) is 3. The molecule has 0 spiro atoms. The molecule has 3 heterocycles. The number of ether oxygens (including phenoxy) is 2. The molecular formula is C20H32N4O3. The monoisotopic (exact) mass is 376 g/mol. The number of carbonyl (C=O) groups is 1. The van der Waals surface area contributed by atoms with Crippen molar-refractivity contribution < 1.29 is 14.3 Å². The number of hydrogen-bond donors (Lipinski definition) is 1. The Balaban J connectivity index is 1.61. The molecule has 150 valence electrons. The van der Waals surface area contributed by atoms with Crippen molar-refractivity contribution in [1.82, 2.24) is 14.9 Å². The summed E-state index contributed by atoms with van der Waals surface area (Å²) in [5.41, 5.74) is 0.704. The fraction of sp³-hybridized carbons (Fsp3) is 0.750. The van der Waals surface area contributed by atoms with Crippen molar-refractivity contribution in [2.24, 2.45) is 0 Å². The van der Waals surface area contributed by atoms with Crippen molar-refractivity contribution in [3.63, 3.8) is 0 Å². The topological polar surface area (TPSA) is 76.6 Å². The first-order valence-corrected chi connectivity index (χ1v) is 9.70. The van der Waals surface area contributed by atoms with E-state index in [1.54, 1.807) is 4.90 Å². The zero-order valence-electron chi connectivity index (χ0n) is 17.5. The van der Waals surface area contributed by atoms with E-state index in [9.17, 15) is 4.79 Å². The number of fused-ring (bicyclic) bond motifs is 1. The van der Waals surface area contributed by atoms with Crippen molar-refractivity contribution in [3.05, 3.63) is 17.5 Å². The first kappa shape index (κ1) is 19.9. The lowest BCUT2D eigenvalue weighted by molar-refractivity contribution is -0.106. The van der Waals surface area contributed by atoms with Crippen molar-refractivity contribution in [2.75, 3.05) is 18.4 Å². The summed E-state index contributed by atoms with van der Waals surface area (Å²) in [7, 11) is 0. The molecule has 27 heavy (non-hydrogen) atoms. The van der Waals surface area contributed by atoms with Crippen LogP contribution in [-0.2, 0) is 20.7 Å². The SMILES string of the molecule is CC(C)(C)OC(=O)N1CCC(Nc2ncc3c(n2)C(C)(C)OC3(C)C)CC1. The maximum absolute atomic E-state index is 12.2. The van der Waals surface area contributed by atoms with Crippen molar-refractivity contribution in [2.45, 2.75) is 84.2 Å². The lowest BCUT2D eigenvalue weighted by Gasteiger charge is -2.33. The summed E-state index contributed by atoms with van der Waals surface area (Å²) in [4.78, 5) is 23.2. The number of rotatable bonds is 2. The van der Waals surface area contributed by atoms with Crippen molar-refractivity contribution >= 4 is 12.0 Å². The van der Waals surface area contributed by atoms with Gasteiger partial charge in [0.1, 0.15) is 11.2 Å². The molecule has 1 amide bonds. The number of nitrogens with one attached hydrogen (secondary N) is 1. The summed E-state index contributed by atoms with van der Waals surface area (Å²) in [6.07, 6.45) is 3.31. The molecule has 0 unspecified atom stereocenters. The standard InChI is InChI=1S/C20H32N4O3/c1-18(2,3)26-17(25)24-10-8-13(9-11-24)22-16-21-12-14-15(23-16)20(6,7)27-19(14,4)5/h12-13H,8-11H2,1-7H3,(H,21,22,23). The average molecular weight is 377 g/mol. The molecule has 2 aliphatic heterocycles. The molecule has 0 atom stereocenters. The van der Waals surface area contributed by atoms with E-state index >= 15 is 0 Å². The molecule has 3 rings (SSSR count). The van der Waals surface area contributed by atoms with Crippen LogP contribution in [0.5, 0.6) is 0 Å². The minimum absolute atomic E-state index is 0.236. The Morgan fingerprint density at radius 1 is 1.22 bits per heavy atom. The zero-order valence-corrected chi connectivity index (χ0v) is 17.5. The smallest absolute Gasteiger partial charge is 0.410 e. The summed E-state index contributed by atoms with van der Waals surface area (Å²) in [6, 6.07) is 0.236. The molecule has 0 radical (unpaired) electrons. The Morgan fingerprint density at radius 2 is 1.85 bits per heavy atom. The second-order valence-electron chi connectivity index (χ2n) is 9.46. The Labute approximate surface area is 161 Å². The lowest BCUT2D eigenvalue weighted by Crippen LogP contribution is -2.44. The van der Waals surface area contributed by atoms with Crippen LogP contribution in [0.4, 0.5) is 10.7 Å². The molecular weight excluding hydrogens is 344 g/mol. The van der Waals surface area contributed by atoms with Gasteiger partial charge in [-0.05, 0) is 61.3 Å². The molecule has 0 aromatic carbocycles. The highest BCUT2D eigenvalue weighted by Crippen LogP contribution is 2.45. The van der Waals surface area contributed by atoms with Gasteiger partial charge in [-0.2, -0.15) is 0 Å². The van der Waals surface area contributed by atoms with Crippen LogP contribution in [-0.4, -0.2) is 45.7 Å². The van der Waals surface area contributed by atoms with E-state index in [-0.39, 0.29) is 17.7 Å². The Kier molecular flexibility index (Phi) is 4.87. The van der Waals surface area contributed by atoms with E-state index in [0.29, 0.717) is 19.0 Å². The van der Waals surface area contributed by atoms with Crippen LogP contribution in [0.1, 0.15) is 72.6 Å². The highest BCUT2D eigenvalue weighted by molar-refractivity contribution is 5.68. The van der Waals surface area contributed by atoms with Crippen LogP contribution < -0.4 is 5.32 Å². The van der Waals surface area contributed by atoms with Gasteiger partial charge in [-0.3, -0.25) is 0 Å². The molecule has 7 nitrogen and oxygen atoms in total. The van der Waals surface area contributed by atoms with Gasteiger partial charge in [-0.15, -0.1) is 0 Å². The predicted octanol–water partition coefficient (Wildman–Crippen LogP) is 3.79. The fourth-order valence-electron chi connectivity index (χ4n) is 3.81. The van der Waals surface area contributed by atoms with Gasteiger partial charge >= 0.3 is 6.09 Å². The average Bonchev–Trinajstić information content (AvgIpc) is 2.71. The largest absolute Gasteiger partial charge is 0.444 e. The third-order valence-corrected chi connectivity index (χ3v) is 5.00. The normalized spacial score (nSPS) is 21.7. The van der Waals surface area contributed by atoms with Crippen molar-refractivity contribution in [3.8, 4) is 0 Å². The van der Waals surface area contributed by atoms with E-state index < -0.39 is 11.2 Å². The van der Waals surface area contributed by atoms with Gasteiger partial charge in [0.2, 0.25) is 5.95 Å². The molecule has 1 aromatic rings. The molecule has 1 saturated heterocycles. The van der Waals surface area contributed by atoms with Gasteiger partial charge in [0, 0.05) is 30.9 Å². The summed E-state index contributed by atoms with van der Waals surface area (Å²) < 4.78 is 11.6. The molecule has 0 bridgehead atoms. The lowest BCUT2D eigenvalue weighted by atomic mass is 9.97. The third kappa shape index (κ3) is 4.34. The summed E-state index contributed by atoms with van der Waals surface area (Å²) in [5.74, 6) is 0.624. The Bertz CT molecular complexity index is 716. The minimum Gasteiger partial charge on any atom is -0.444 e. The van der Waals surface area contributed by atoms with Crippen LogP contribution in [0.3, 0.4) is 0 Å². The minimum atomic E-state index is -0.465. The third-order valence-electron chi connectivity index (χ3n) is 5.00. The van der Waals surface area contributed by atoms with Crippen LogP contribution in [0.2, 0.25) is 0 Å². The maximum atomic E-state index is 12.2. The van der Waals surface area contributed by atoms with Crippen molar-refractivity contribution in [1.29, 1.82) is 0 Å². The Hall–Kier alpha value is -1.89. The quantitative estimate of drug-likeness (QED) is 0.846. The Morgan fingerprint density at radius 3 is 2.44 bits per heavy atom. The van der Waals surface area contributed by atoms with E-state index in [4.69, 9.17) is 14.5 Å². The number of likely N-dealkylation sites (tertiary alicyclic amines) is 1. The summed E-state index contributed by atoms with van der Waals surface area (Å²) in [6.45, 7) is 15.2. The number of hydrogen-bond acceptors (Lipinski definition) is 6. The number of aromatic nitrogens is 2. The van der Waals surface area contributed by atoms with E-state index in [0.717, 1.165) is 24.1 Å². The zero-order chi connectivity index (χ0) is 20.0. The van der Waals surface area contributed by atoms with Gasteiger partial charge in [-0.25, -0.2) is 14.8 Å². The van der Waals surface area contributed by atoms with E-state index in [1.807, 2.05) is 54.7 Å². The van der Waals surface area contributed by atoms with Gasteiger partial charge < -0.3 is 19.7 Å². The predicted molar refractivity (Wildman–Crippen MR) is 104 cm³/mol. The molecule has 1 fully saturated rings. The van der Waals surface area contributed by atoms with Gasteiger partial charge in [0.15, 0.2) is 0 Å². The number of carbonyl (C=O) groups excluding carboxylic acids is 1. The van der Waals surface area contributed by atoms with Gasteiger partial charge in [0.05, 0.1) is 11.3 Å². The summed E-state index contributed by atoms with van der Waals surface area (Å²) >= 11 is 0. The molecule has 1 aromatic heterocycles. The number of piperidine rings is 1. The van der Waals surface area contributed by atoms with Crippen LogP contribution in [0.25, 0.3) is 0 Å². The number of anilines is 1. The first-order chi connectivity index (χ1) is 12.4. The fourth-order valence-corrected chi connectivity index (χ4v) is 3.81. The molecule has 7 heteroatoms. The molecule has 1 N–H and O–H groups in total. The maximum Gasteiger partial charge on any atom is 0.410 e. The van der Waals surface area contributed by atoms with Crippen LogP contribution >= 0.6 is 0 Å².